The second-order valence-corrected chi connectivity index (χ2v) is 9.29. The lowest BCUT2D eigenvalue weighted by molar-refractivity contribution is -0.114. The van der Waals surface area contributed by atoms with Crippen molar-refractivity contribution in [3.05, 3.63) is 101 Å². The summed E-state index contributed by atoms with van der Waals surface area (Å²) < 4.78 is 28.7. The first-order valence-corrected chi connectivity index (χ1v) is 11.7. The highest BCUT2D eigenvalue weighted by molar-refractivity contribution is 7.90. The summed E-state index contributed by atoms with van der Waals surface area (Å²) >= 11 is 6.32. The molecule has 0 atom stereocenters. The summed E-state index contributed by atoms with van der Waals surface area (Å²) in [5.41, 5.74) is 3.43. The fourth-order valence-corrected chi connectivity index (χ4v) is 4.52. The van der Waals surface area contributed by atoms with Crippen molar-refractivity contribution < 1.29 is 13.2 Å². The van der Waals surface area contributed by atoms with Crippen molar-refractivity contribution in [1.82, 2.24) is 14.3 Å². The Morgan fingerprint density at radius 1 is 1.06 bits per heavy atom. The van der Waals surface area contributed by atoms with E-state index in [4.69, 9.17) is 11.6 Å². The zero-order valence-electron chi connectivity index (χ0n) is 17.2. The number of halogens is 1. The molecule has 32 heavy (non-hydrogen) atoms. The fourth-order valence-electron chi connectivity index (χ4n) is 3.36. The molecule has 1 amide bonds. The molecule has 3 aromatic carbocycles. The van der Waals surface area contributed by atoms with Crippen molar-refractivity contribution in [2.45, 2.75) is 18.4 Å². The van der Waals surface area contributed by atoms with E-state index in [0.717, 1.165) is 28.0 Å². The van der Waals surface area contributed by atoms with Crippen LogP contribution in [0.15, 0.2) is 83.8 Å². The van der Waals surface area contributed by atoms with Gasteiger partial charge in [-0.15, -0.1) is 0 Å². The van der Waals surface area contributed by atoms with Crippen LogP contribution in [-0.4, -0.2) is 23.9 Å². The first kappa shape index (κ1) is 21.8. The highest BCUT2D eigenvalue weighted by Crippen LogP contribution is 2.23. The van der Waals surface area contributed by atoms with Gasteiger partial charge in [0.1, 0.15) is 5.82 Å². The molecule has 4 rings (SSSR count). The Hall–Kier alpha value is -3.42. The quantitative estimate of drug-likeness (QED) is 0.423. The van der Waals surface area contributed by atoms with Gasteiger partial charge in [0.25, 0.3) is 15.9 Å². The number of carbonyl (C=O) groups is 1. The zero-order chi connectivity index (χ0) is 22.7. The standard InChI is InChI=1S/C24H20ClN3O3S/c1-17-26-22-13-11-18(15-23(22)28(17)16-19-7-5-6-10-21(19)25)12-14-24(29)27-32(30,31)20-8-3-2-4-9-20/h2-15H,16H2,1H3,(H,27,29)/b14-12-. The molecule has 0 unspecified atom stereocenters. The summed E-state index contributed by atoms with van der Waals surface area (Å²) in [6, 6.07) is 21.0. The minimum atomic E-state index is -3.92. The van der Waals surface area contributed by atoms with Gasteiger partial charge in [0.05, 0.1) is 22.5 Å². The molecule has 0 spiro atoms. The molecule has 1 heterocycles. The van der Waals surface area contributed by atoms with Crippen molar-refractivity contribution >= 4 is 44.6 Å². The molecular weight excluding hydrogens is 446 g/mol. The van der Waals surface area contributed by atoms with E-state index >= 15 is 0 Å². The summed E-state index contributed by atoms with van der Waals surface area (Å²) in [5, 5.41) is 0.682. The average Bonchev–Trinajstić information content (AvgIpc) is 3.08. The van der Waals surface area contributed by atoms with E-state index in [2.05, 4.69) is 4.98 Å². The molecule has 0 bridgehead atoms. The van der Waals surface area contributed by atoms with Gasteiger partial charge in [0, 0.05) is 11.1 Å². The number of fused-ring (bicyclic) bond motifs is 1. The zero-order valence-corrected chi connectivity index (χ0v) is 18.8. The Kier molecular flexibility index (Phi) is 6.12. The molecule has 4 aromatic rings. The maximum Gasteiger partial charge on any atom is 0.264 e. The third-order valence-corrected chi connectivity index (χ3v) is 6.70. The number of aromatic nitrogens is 2. The number of carbonyl (C=O) groups excluding carboxylic acids is 1. The van der Waals surface area contributed by atoms with Gasteiger partial charge in [-0.05, 0) is 54.5 Å². The number of aryl methyl sites for hydroxylation is 1. The van der Waals surface area contributed by atoms with E-state index < -0.39 is 15.9 Å². The second kappa shape index (κ2) is 8.98. The molecule has 0 aliphatic heterocycles. The number of imidazole rings is 1. The van der Waals surface area contributed by atoms with E-state index in [1.807, 2.05) is 58.7 Å². The maximum atomic E-state index is 12.3. The summed E-state index contributed by atoms with van der Waals surface area (Å²) in [4.78, 5) is 16.8. The monoisotopic (exact) mass is 465 g/mol. The van der Waals surface area contributed by atoms with Gasteiger partial charge in [-0.3, -0.25) is 4.79 Å². The van der Waals surface area contributed by atoms with Crippen molar-refractivity contribution in [2.75, 3.05) is 0 Å². The number of benzene rings is 3. The van der Waals surface area contributed by atoms with E-state index in [9.17, 15) is 13.2 Å². The van der Waals surface area contributed by atoms with Crippen LogP contribution in [0.1, 0.15) is 17.0 Å². The number of hydrogen-bond donors (Lipinski definition) is 1. The molecule has 0 saturated carbocycles. The van der Waals surface area contributed by atoms with Crippen LogP contribution in [0.25, 0.3) is 17.1 Å². The van der Waals surface area contributed by atoms with Crippen LogP contribution in [0.2, 0.25) is 5.02 Å². The summed E-state index contributed by atoms with van der Waals surface area (Å²) in [6.45, 7) is 2.49. The molecule has 0 saturated heterocycles. The van der Waals surface area contributed by atoms with Crippen molar-refractivity contribution in [1.29, 1.82) is 0 Å². The number of amides is 1. The molecule has 0 fully saturated rings. The number of nitrogens with zero attached hydrogens (tertiary/aromatic N) is 2. The van der Waals surface area contributed by atoms with Crippen LogP contribution in [0, 0.1) is 6.92 Å². The Balaban J connectivity index is 1.57. The first-order chi connectivity index (χ1) is 15.3. The predicted octanol–water partition coefficient (Wildman–Crippen LogP) is 4.56. The van der Waals surface area contributed by atoms with E-state index in [1.165, 1.54) is 18.2 Å². The van der Waals surface area contributed by atoms with Crippen LogP contribution < -0.4 is 4.72 Å². The van der Waals surface area contributed by atoms with Crippen molar-refractivity contribution in [3.8, 4) is 0 Å². The Bertz CT molecular complexity index is 1430. The third-order valence-electron chi connectivity index (χ3n) is 4.97. The normalized spacial score (nSPS) is 11.8. The number of nitrogens with one attached hydrogen (secondary N) is 1. The van der Waals surface area contributed by atoms with Gasteiger partial charge in [0.2, 0.25) is 0 Å². The summed E-state index contributed by atoms with van der Waals surface area (Å²) in [5.74, 6) is 0.113. The van der Waals surface area contributed by atoms with E-state index in [0.29, 0.717) is 11.6 Å². The Morgan fingerprint density at radius 2 is 1.78 bits per heavy atom. The van der Waals surface area contributed by atoms with E-state index in [-0.39, 0.29) is 4.90 Å². The fraction of sp³-hybridized carbons (Fsp3) is 0.0833. The molecule has 6 nitrogen and oxygen atoms in total. The maximum absolute atomic E-state index is 12.3. The first-order valence-electron chi connectivity index (χ1n) is 9.84. The van der Waals surface area contributed by atoms with Crippen molar-refractivity contribution in [2.24, 2.45) is 0 Å². The van der Waals surface area contributed by atoms with Gasteiger partial charge in [-0.2, -0.15) is 0 Å². The molecule has 0 aliphatic rings. The molecule has 1 aromatic heterocycles. The lowest BCUT2D eigenvalue weighted by atomic mass is 10.1. The highest BCUT2D eigenvalue weighted by atomic mass is 35.5. The average molecular weight is 466 g/mol. The lowest BCUT2D eigenvalue weighted by Gasteiger charge is -2.09. The van der Waals surface area contributed by atoms with Gasteiger partial charge in [-0.1, -0.05) is 54.1 Å². The molecule has 8 heteroatoms. The van der Waals surface area contributed by atoms with Crippen molar-refractivity contribution in [3.63, 3.8) is 0 Å². The molecular formula is C24H20ClN3O3S. The molecule has 0 radical (unpaired) electrons. The number of sulfonamides is 1. The summed E-state index contributed by atoms with van der Waals surface area (Å²) in [6.07, 6.45) is 2.76. The van der Waals surface area contributed by atoms with Crippen LogP contribution in [0.3, 0.4) is 0 Å². The summed E-state index contributed by atoms with van der Waals surface area (Å²) in [7, 11) is -3.92. The predicted molar refractivity (Wildman–Crippen MR) is 126 cm³/mol. The van der Waals surface area contributed by atoms with Gasteiger partial charge < -0.3 is 4.57 Å². The minimum absolute atomic E-state index is 0.0297. The SMILES string of the molecule is Cc1nc2ccc(/C=C\C(=O)NS(=O)(=O)c3ccccc3)cc2n1Cc1ccccc1Cl. The smallest absolute Gasteiger partial charge is 0.264 e. The minimum Gasteiger partial charge on any atom is -0.324 e. The van der Waals surface area contributed by atoms with Crippen LogP contribution in [0.5, 0.6) is 0 Å². The highest BCUT2D eigenvalue weighted by Gasteiger charge is 2.15. The lowest BCUT2D eigenvalue weighted by Crippen LogP contribution is -2.28. The van der Waals surface area contributed by atoms with Gasteiger partial charge in [0.15, 0.2) is 0 Å². The second-order valence-electron chi connectivity index (χ2n) is 7.20. The van der Waals surface area contributed by atoms with Crippen LogP contribution in [0.4, 0.5) is 0 Å². The van der Waals surface area contributed by atoms with Gasteiger partial charge >= 0.3 is 0 Å². The van der Waals surface area contributed by atoms with E-state index in [1.54, 1.807) is 24.3 Å². The molecule has 1 N–H and O–H groups in total. The number of rotatable bonds is 6. The molecule has 162 valence electrons. The molecule has 0 aliphatic carbocycles. The Morgan fingerprint density at radius 3 is 2.53 bits per heavy atom. The van der Waals surface area contributed by atoms with Crippen LogP contribution >= 0.6 is 11.6 Å². The third kappa shape index (κ3) is 4.74. The Labute approximate surface area is 191 Å². The number of hydrogen-bond acceptors (Lipinski definition) is 4. The topological polar surface area (TPSA) is 81.1 Å². The van der Waals surface area contributed by atoms with Crippen LogP contribution in [-0.2, 0) is 21.4 Å². The van der Waals surface area contributed by atoms with Gasteiger partial charge in [-0.25, -0.2) is 18.1 Å². The largest absolute Gasteiger partial charge is 0.324 e.